The lowest BCUT2D eigenvalue weighted by Gasteiger charge is -2.26. The number of hydrogen-bond acceptors (Lipinski definition) is 6. The monoisotopic (exact) mass is 448 g/mol. The van der Waals surface area contributed by atoms with E-state index in [1.807, 2.05) is 19.1 Å². The molecule has 7 heteroatoms. The lowest BCUT2D eigenvalue weighted by Crippen LogP contribution is -2.42. The molecule has 0 saturated heterocycles. The highest BCUT2D eigenvalue weighted by Gasteiger charge is 2.36. The van der Waals surface area contributed by atoms with Gasteiger partial charge in [-0.1, -0.05) is 19.9 Å². The van der Waals surface area contributed by atoms with E-state index in [0.29, 0.717) is 47.5 Å². The van der Waals surface area contributed by atoms with Gasteiger partial charge < -0.3 is 13.9 Å². The van der Waals surface area contributed by atoms with E-state index in [9.17, 15) is 14.9 Å². The van der Waals surface area contributed by atoms with Crippen LogP contribution in [0.3, 0.4) is 0 Å². The number of nitrogens with zero attached hydrogens (tertiary/aromatic N) is 2. The van der Waals surface area contributed by atoms with Gasteiger partial charge in [-0.3, -0.25) is 14.5 Å². The molecule has 2 amide bonds. The SMILES string of the molecule is CCOc1cc(/C=C2/C(=O)N(Cc3ccco3)C(=O)C(C#N)=C2C)ccc1OCCC(C)C. The average molecular weight is 449 g/mol. The number of furan rings is 1. The molecule has 0 spiro atoms. The fourth-order valence-corrected chi connectivity index (χ4v) is 3.40. The Kier molecular flexibility index (Phi) is 7.73. The van der Waals surface area contributed by atoms with Crippen molar-refractivity contribution in [2.24, 2.45) is 5.92 Å². The van der Waals surface area contributed by atoms with Crippen molar-refractivity contribution < 1.29 is 23.5 Å². The van der Waals surface area contributed by atoms with Crippen LogP contribution in [-0.2, 0) is 16.1 Å². The summed E-state index contributed by atoms with van der Waals surface area (Å²) >= 11 is 0. The summed E-state index contributed by atoms with van der Waals surface area (Å²) in [4.78, 5) is 27.0. The third kappa shape index (κ3) is 5.53. The molecule has 2 heterocycles. The quantitative estimate of drug-likeness (QED) is 0.400. The molecule has 1 aliphatic heterocycles. The Morgan fingerprint density at radius 1 is 1.15 bits per heavy atom. The van der Waals surface area contributed by atoms with Crippen molar-refractivity contribution in [3.05, 3.63) is 64.6 Å². The van der Waals surface area contributed by atoms with Gasteiger partial charge in [-0.05, 0) is 67.7 Å². The fraction of sp³-hybridized carbons (Fsp3) is 0.346. The highest BCUT2D eigenvalue weighted by atomic mass is 16.5. The Hall–Kier alpha value is -3.79. The summed E-state index contributed by atoms with van der Waals surface area (Å²) in [6.45, 7) is 8.75. The number of nitriles is 1. The number of benzene rings is 1. The van der Waals surface area contributed by atoms with E-state index < -0.39 is 11.8 Å². The second-order valence-electron chi connectivity index (χ2n) is 8.12. The van der Waals surface area contributed by atoms with Crippen LogP contribution in [0.25, 0.3) is 6.08 Å². The van der Waals surface area contributed by atoms with Crippen LogP contribution in [0.2, 0.25) is 0 Å². The summed E-state index contributed by atoms with van der Waals surface area (Å²) in [5, 5.41) is 9.56. The molecular weight excluding hydrogens is 420 g/mol. The Morgan fingerprint density at radius 3 is 2.58 bits per heavy atom. The topological polar surface area (TPSA) is 92.8 Å². The molecule has 7 nitrogen and oxygen atoms in total. The van der Waals surface area contributed by atoms with Crippen LogP contribution in [0, 0.1) is 17.2 Å². The largest absolute Gasteiger partial charge is 0.490 e. The van der Waals surface area contributed by atoms with Crippen LogP contribution in [-0.4, -0.2) is 29.9 Å². The minimum absolute atomic E-state index is 0.0483. The summed E-state index contributed by atoms with van der Waals surface area (Å²) in [6.07, 6.45) is 4.06. The minimum atomic E-state index is -0.627. The number of carbonyl (C=O) groups excluding carboxylic acids is 2. The molecule has 0 unspecified atom stereocenters. The predicted molar refractivity (Wildman–Crippen MR) is 123 cm³/mol. The molecule has 172 valence electrons. The van der Waals surface area contributed by atoms with Crippen LogP contribution in [0.1, 0.15) is 45.4 Å². The van der Waals surface area contributed by atoms with Crippen molar-refractivity contribution in [2.75, 3.05) is 13.2 Å². The van der Waals surface area contributed by atoms with Crippen LogP contribution >= 0.6 is 0 Å². The van der Waals surface area contributed by atoms with Gasteiger partial charge >= 0.3 is 0 Å². The first-order valence-corrected chi connectivity index (χ1v) is 11.0. The molecular formula is C26H28N2O5. The van der Waals surface area contributed by atoms with Gasteiger partial charge in [-0.25, -0.2) is 0 Å². The standard InChI is InChI=1S/C26H28N2O5/c1-5-31-24-14-19(8-9-23(24)33-12-10-17(2)3)13-21-18(4)22(15-27)26(30)28(25(21)29)16-20-7-6-11-32-20/h6-9,11,13-14,17H,5,10,12,16H2,1-4H3/b21-13+. The zero-order valence-corrected chi connectivity index (χ0v) is 19.4. The van der Waals surface area contributed by atoms with Gasteiger partial charge in [-0.2, -0.15) is 5.26 Å². The van der Waals surface area contributed by atoms with Crippen molar-refractivity contribution >= 4 is 17.9 Å². The minimum Gasteiger partial charge on any atom is -0.490 e. The lowest BCUT2D eigenvalue weighted by molar-refractivity contribution is -0.141. The average Bonchev–Trinajstić information content (AvgIpc) is 3.29. The maximum absolute atomic E-state index is 13.2. The molecule has 0 N–H and O–H groups in total. The third-order valence-corrected chi connectivity index (χ3v) is 5.25. The molecule has 1 aromatic carbocycles. The highest BCUT2D eigenvalue weighted by molar-refractivity contribution is 6.19. The summed E-state index contributed by atoms with van der Waals surface area (Å²) in [7, 11) is 0. The maximum atomic E-state index is 13.2. The summed E-state index contributed by atoms with van der Waals surface area (Å²) in [5.74, 6) is 1.08. The van der Waals surface area contributed by atoms with E-state index in [2.05, 4.69) is 13.8 Å². The van der Waals surface area contributed by atoms with E-state index in [-0.39, 0.29) is 17.7 Å². The zero-order valence-electron chi connectivity index (χ0n) is 19.4. The molecule has 3 rings (SSSR count). The molecule has 0 radical (unpaired) electrons. The zero-order chi connectivity index (χ0) is 24.0. The van der Waals surface area contributed by atoms with Crippen LogP contribution in [0.4, 0.5) is 0 Å². The van der Waals surface area contributed by atoms with Crippen molar-refractivity contribution in [3.63, 3.8) is 0 Å². The molecule has 1 aliphatic rings. The molecule has 0 saturated carbocycles. The molecule has 2 aromatic rings. The van der Waals surface area contributed by atoms with Crippen molar-refractivity contribution in [3.8, 4) is 17.6 Å². The number of carbonyl (C=O) groups is 2. The van der Waals surface area contributed by atoms with Crippen LogP contribution < -0.4 is 9.47 Å². The Morgan fingerprint density at radius 2 is 1.94 bits per heavy atom. The molecule has 0 bridgehead atoms. The van der Waals surface area contributed by atoms with Crippen molar-refractivity contribution in [1.82, 2.24) is 4.90 Å². The molecule has 33 heavy (non-hydrogen) atoms. The number of hydrogen-bond donors (Lipinski definition) is 0. The first-order chi connectivity index (χ1) is 15.8. The molecule has 0 aliphatic carbocycles. The number of rotatable bonds is 9. The van der Waals surface area contributed by atoms with E-state index >= 15 is 0 Å². The fourth-order valence-electron chi connectivity index (χ4n) is 3.40. The second kappa shape index (κ2) is 10.7. The number of amides is 2. The third-order valence-electron chi connectivity index (χ3n) is 5.25. The van der Waals surface area contributed by atoms with Crippen molar-refractivity contribution in [1.29, 1.82) is 5.26 Å². The smallest absolute Gasteiger partial charge is 0.272 e. The predicted octanol–water partition coefficient (Wildman–Crippen LogP) is 4.90. The molecule has 1 aromatic heterocycles. The summed E-state index contributed by atoms with van der Waals surface area (Å²) in [5.41, 5.74) is 1.25. The molecule has 0 fully saturated rings. The van der Waals surface area contributed by atoms with Crippen LogP contribution in [0.5, 0.6) is 11.5 Å². The summed E-state index contributed by atoms with van der Waals surface area (Å²) < 4.78 is 16.9. The first-order valence-electron chi connectivity index (χ1n) is 11.0. The first kappa shape index (κ1) is 23.9. The summed E-state index contributed by atoms with van der Waals surface area (Å²) in [6, 6.07) is 10.7. The van der Waals surface area contributed by atoms with E-state index in [0.717, 1.165) is 11.3 Å². The van der Waals surface area contributed by atoms with Gasteiger partial charge in [0.15, 0.2) is 11.5 Å². The van der Waals surface area contributed by atoms with Gasteiger partial charge in [0.1, 0.15) is 17.4 Å². The van der Waals surface area contributed by atoms with Gasteiger partial charge in [0.05, 0.1) is 26.0 Å². The highest BCUT2D eigenvalue weighted by Crippen LogP contribution is 2.32. The normalized spacial score (nSPS) is 15.4. The van der Waals surface area contributed by atoms with Crippen LogP contribution in [0.15, 0.2) is 57.7 Å². The Balaban J connectivity index is 1.96. The number of imide groups is 1. The Bertz CT molecular complexity index is 1120. The van der Waals surface area contributed by atoms with E-state index in [1.165, 1.54) is 6.26 Å². The van der Waals surface area contributed by atoms with E-state index in [4.69, 9.17) is 13.9 Å². The molecule has 0 atom stereocenters. The number of ether oxygens (including phenoxy) is 2. The van der Waals surface area contributed by atoms with Gasteiger partial charge in [0.25, 0.3) is 11.8 Å². The van der Waals surface area contributed by atoms with Gasteiger partial charge in [0.2, 0.25) is 0 Å². The Labute approximate surface area is 193 Å². The van der Waals surface area contributed by atoms with Gasteiger partial charge in [-0.15, -0.1) is 0 Å². The lowest BCUT2D eigenvalue weighted by atomic mass is 9.93. The van der Waals surface area contributed by atoms with Crippen molar-refractivity contribution in [2.45, 2.75) is 40.7 Å². The maximum Gasteiger partial charge on any atom is 0.272 e. The van der Waals surface area contributed by atoms with Gasteiger partial charge in [0, 0.05) is 5.57 Å². The second-order valence-corrected chi connectivity index (χ2v) is 8.12. The van der Waals surface area contributed by atoms with E-state index in [1.54, 1.807) is 37.3 Å².